The summed E-state index contributed by atoms with van der Waals surface area (Å²) in [5.74, 6) is -0.425. The normalized spacial score (nSPS) is 11.2. The Bertz CT molecular complexity index is 1280. The molecule has 3 heterocycles. The molecule has 1 amide bonds. The molecule has 9 nitrogen and oxygen atoms in total. The van der Waals surface area contributed by atoms with Crippen LogP contribution in [0.1, 0.15) is 27.3 Å². The molecular formula is C23H19F3N6O3. The molecule has 0 aliphatic heterocycles. The van der Waals surface area contributed by atoms with Gasteiger partial charge in [0.2, 0.25) is 5.88 Å². The molecule has 0 aliphatic rings. The molecule has 0 spiro atoms. The van der Waals surface area contributed by atoms with Crippen molar-refractivity contribution in [1.82, 2.24) is 30.3 Å². The highest BCUT2D eigenvalue weighted by molar-refractivity contribution is 5.95. The average Bonchev–Trinajstić information content (AvgIpc) is 3.34. The molecule has 1 aromatic carbocycles. The lowest BCUT2D eigenvalue weighted by atomic mass is 10.2. The van der Waals surface area contributed by atoms with Crippen molar-refractivity contribution in [3.05, 3.63) is 89.5 Å². The van der Waals surface area contributed by atoms with E-state index in [1.807, 2.05) is 18.2 Å². The Labute approximate surface area is 197 Å². The van der Waals surface area contributed by atoms with Crippen molar-refractivity contribution in [3.8, 4) is 17.4 Å². The Morgan fingerprint density at radius 1 is 1.06 bits per heavy atom. The predicted molar refractivity (Wildman–Crippen MR) is 117 cm³/mol. The van der Waals surface area contributed by atoms with Crippen molar-refractivity contribution < 1.29 is 27.4 Å². The number of ether oxygens (including phenoxy) is 2. The summed E-state index contributed by atoms with van der Waals surface area (Å²) in [5, 5.41) is 13.5. The highest BCUT2D eigenvalue weighted by Gasteiger charge is 2.41. The molecule has 180 valence electrons. The van der Waals surface area contributed by atoms with Gasteiger partial charge in [-0.05, 0) is 35.9 Å². The van der Waals surface area contributed by atoms with Gasteiger partial charge in [-0.15, -0.1) is 10.2 Å². The van der Waals surface area contributed by atoms with E-state index in [9.17, 15) is 18.0 Å². The first kappa shape index (κ1) is 23.7. The van der Waals surface area contributed by atoms with Crippen LogP contribution in [0.25, 0.3) is 5.82 Å². The smallest absolute Gasteiger partial charge is 0.434 e. The second kappa shape index (κ2) is 10.2. The van der Waals surface area contributed by atoms with Gasteiger partial charge in [0.1, 0.15) is 12.4 Å². The van der Waals surface area contributed by atoms with Crippen LogP contribution in [-0.2, 0) is 19.3 Å². The van der Waals surface area contributed by atoms with Crippen LogP contribution in [0, 0.1) is 0 Å². The molecule has 4 aromatic rings. The number of nitrogens with zero attached hydrogens (tertiary/aromatic N) is 5. The van der Waals surface area contributed by atoms with Crippen molar-refractivity contribution in [1.29, 1.82) is 0 Å². The predicted octanol–water partition coefficient (Wildman–Crippen LogP) is 3.59. The van der Waals surface area contributed by atoms with Crippen molar-refractivity contribution in [3.63, 3.8) is 0 Å². The van der Waals surface area contributed by atoms with Crippen molar-refractivity contribution in [2.45, 2.75) is 19.3 Å². The third-order valence-corrected chi connectivity index (χ3v) is 4.82. The number of rotatable bonds is 8. The largest absolute Gasteiger partial charge is 0.487 e. The van der Waals surface area contributed by atoms with Crippen LogP contribution in [0.3, 0.4) is 0 Å². The van der Waals surface area contributed by atoms with Gasteiger partial charge in [0.05, 0.1) is 24.6 Å². The first-order valence-electron chi connectivity index (χ1n) is 10.3. The number of pyridine rings is 1. The van der Waals surface area contributed by atoms with Crippen LogP contribution < -0.4 is 14.8 Å². The number of hydrogen-bond donors (Lipinski definition) is 1. The first-order valence-corrected chi connectivity index (χ1v) is 10.3. The van der Waals surface area contributed by atoms with Crippen LogP contribution in [0.2, 0.25) is 0 Å². The summed E-state index contributed by atoms with van der Waals surface area (Å²) >= 11 is 0. The number of nitrogens with one attached hydrogen (secondary N) is 1. The monoisotopic (exact) mass is 484 g/mol. The summed E-state index contributed by atoms with van der Waals surface area (Å²) in [6, 6.07) is 14.9. The van der Waals surface area contributed by atoms with Gasteiger partial charge >= 0.3 is 6.18 Å². The number of benzene rings is 1. The third-order valence-electron chi connectivity index (χ3n) is 4.82. The molecule has 1 N–H and O–H groups in total. The van der Waals surface area contributed by atoms with E-state index in [0.29, 0.717) is 22.6 Å². The van der Waals surface area contributed by atoms with Gasteiger partial charge in [0.25, 0.3) is 5.91 Å². The fourth-order valence-corrected chi connectivity index (χ4v) is 3.12. The average molecular weight is 484 g/mol. The Kier molecular flexibility index (Phi) is 6.90. The summed E-state index contributed by atoms with van der Waals surface area (Å²) in [4.78, 5) is 16.8. The maximum absolute atomic E-state index is 13.8. The quantitative estimate of drug-likeness (QED) is 0.408. The topological polar surface area (TPSA) is 104 Å². The lowest BCUT2D eigenvalue weighted by molar-refractivity contribution is -0.143. The summed E-state index contributed by atoms with van der Waals surface area (Å²) in [6.45, 7) is 0.296. The van der Waals surface area contributed by atoms with E-state index in [4.69, 9.17) is 9.47 Å². The summed E-state index contributed by atoms with van der Waals surface area (Å²) in [6.07, 6.45) is -2.35. The standard InChI is InChI=1S/C23H19F3N6O3/c1-34-20-10-9-19(30-31-20)32-21(23(24,25)26)18(13-29-32)22(33)28-12-15-5-7-17(8-6-15)35-14-16-4-2-3-11-27-16/h2-11,13H,12,14H2,1H3,(H,28,33). The Morgan fingerprint density at radius 3 is 2.49 bits per heavy atom. The fourth-order valence-electron chi connectivity index (χ4n) is 3.12. The number of carbonyl (C=O) groups excluding carboxylic acids is 1. The number of methoxy groups -OCH3 is 1. The van der Waals surface area contributed by atoms with Crippen molar-refractivity contribution >= 4 is 5.91 Å². The van der Waals surface area contributed by atoms with E-state index in [0.717, 1.165) is 11.9 Å². The van der Waals surface area contributed by atoms with Gasteiger partial charge in [-0.2, -0.15) is 18.3 Å². The van der Waals surface area contributed by atoms with Gasteiger partial charge in [-0.25, -0.2) is 4.68 Å². The minimum atomic E-state index is -4.86. The molecule has 0 bridgehead atoms. The van der Waals surface area contributed by atoms with E-state index in [-0.39, 0.29) is 18.2 Å². The number of carbonyl (C=O) groups is 1. The number of halogens is 3. The van der Waals surface area contributed by atoms with Crippen LogP contribution in [0.15, 0.2) is 67.0 Å². The molecule has 4 rings (SSSR count). The van der Waals surface area contributed by atoms with E-state index in [2.05, 4.69) is 25.6 Å². The Morgan fingerprint density at radius 2 is 1.86 bits per heavy atom. The molecule has 0 saturated heterocycles. The van der Waals surface area contributed by atoms with Crippen LogP contribution >= 0.6 is 0 Å². The molecular weight excluding hydrogens is 465 g/mol. The Hall–Kier alpha value is -4.48. The molecule has 0 atom stereocenters. The highest BCUT2D eigenvalue weighted by atomic mass is 19.4. The summed E-state index contributed by atoms with van der Waals surface area (Å²) < 4.78 is 52.4. The number of alkyl halides is 3. The molecule has 3 aromatic heterocycles. The third kappa shape index (κ3) is 5.72. The number of hydrogen-bond acceptors (Lipinski definition) is 7. The number of aromatic nitrogens is 5. The zero-order chi connectivity index (χ0) is 24.8. The fraction of sp³-hybridized carbons (Fsp3) is 0.174. The molecule has 0 unspecified atom stereocenters. The van der Waals surface area contributed by atoms with Crippen molar-refractivity contribution in [2.24, 2.45) is 0 Å². The van der Waals surface area contributed by atoms with Gasteiger partial charge in [0.15, 0.2) is 11.5 Å². The van der Waals surface area contributed by atoms with E-state index < -0.39 is 23.3 Å². The maximum Gasteiger partial charge on any atom is 0.434 e. The second-order valence-corrected chi connectivity index (χ2v) is 7.19. The van der Waals surface area contributed by atoms with Gasteiger partial charge in [0, 0.05) is 18.8 Å². The van der Waals surface area contributed by atoms with Crippen LogP contribution in [0.5, 0.6) is 11.6 Å². The van der Waals surface area contributed by atoms with Crippen molar-refractivity contribution in [2.75, 3.05) is 7.11 Å². The molecule has 0 saturated carbocycles. The minimum Gasteiger partial charge on any atom is -0.487 e. The van der Waals surface area contributed by atoms with Gasteiger partial charge in [-0.1, -0.05) is 18.2 Å². The van der Waals surface area contributed by atoms with Gasteiger partial charge < -0.3 is 14.8 Å². The second-order valence-electron chi connectivity index (χ2n) is 7.19. The zero-order valence-corrected chi connectivity index (χ0v) is 18.4. The van der Waals surface area contributed by atoms with E-state index in [1.54, 1.807) is 30.5 Å². The van der Waals surface area contributed by atoms with Crippen LogP contribution in [0.4, 0.5) is 13.2 Å². The SMILES string of the molecule is COc1ccc(-n2ncc(C(=O)NCc3ccc(OCc4ccccn4)cc3)c2C(F)(F)F)nn1. The maximum atomic E-state index is 13.8. The lowest BCUT2D eigenvalue weighted by Gasteiger charge is -2.12. The zero-order valence-electron chi connectivity index (χ0n) is 18.4. The summed E-state index contributed by atoms with van der Waals surface area (Å²) in [5.41, 5.74) is -0.450. The minimum absolute atomic E-state index is 0.00414. The molecule has 0 fully saturated rings. The molecule has 0 aliphatic carbocycles. The van der Waals surface area contributed by atoms with Gasteiger partial charge in [-0.3, -0.25) is 9.78 Å². The lowest BCUT2D eigenvalue weighted by Crippen LogP contribution is -2.26. The molecule has 12 heteroatoms. The van der Waals surface area contributed by atoms with E-state index >= 15 is 0 Å². The van der Waals surface area contributed by atoms with E-state index in [1.165, 1.54) is 19.2 Å². The molecule has 35 heavy (non-hydrogen) atoms. The van der Waals surface area contributed by atoms with Crippen LogP contribution in [-0.4, -0.2) is 38.0 Å². The number of amides is 1. The summed E-state index contributed by atoms with van der Waals surface area (Å²) in [7, 11) is 1.35. The molecule has 0 radical (unpaired) electrons. The Balaban J connectivity index is 1.43. The highest BCUT2D eigenvalue weighted by Crippen LogP contribution is 2.33. The first-order chi connectivity index (χ1) is 16.8.